The third-order valence-electron chi connectivity index (χ3n) is 2.91. The summed E-state index contributed by atoms with van der Waals surface area (Å²) in [6.07, 6.45) is 4.77. The maximum Gasteiger partial charge on any atom is 0.673 e. The third kappa shape index (κ3) is 13.0. The Morgan fingerprint density at radius 3 is 1.48 bits per heavy atom. The van der Waals surface area contributed by atoms with Gasteiger partial charge in [0.1, 0.15) is 14.1 Å². The van der Waals surface area contributed by atoms with Gasteiger partial charge in [-0.1, -0.05) is 0 Å². The Bertz CT molecular complexity index is 915. The van der Waals surface area contributed by atoms with Crippen LogP contribution in [0.2, 0.25) is 5.15 Å². The van der Waals surface area contributed by atoms with Crippen LogP contribution in [-0.2, 0) is 23.9 Å². The first-order valence-corrected chi connectivity index (χ1v) is 9.66. The monoisotopic (exact) mass is 472 g/mol. The first-order chi connectivity index (χ1) is 12.8. The van der Waals surface area contributed by atoms with Gasteiger partial charge in [0.15, 0.2) is 12.4 Å². The van der Waals surface area contributed by atoms with Gasteiger partial charge in [-0.25, -0.2) is 8.42 Å². The van der Waals surface area contributed by atoms with Gasteiger partial charge < -0.3 is 34.5 Å². The summed E-state index contributed by atoms with van der Waals surface area (Å²) in [5.41, 5.74) is 1.70. The Labute approximate surface area is 166 Å². The van der Waals surface area contributed by atoms with E-state index in [9.17, 15) is 42.9 Å². The number of aryl methyl sites for hydroxylation is 2. The van der Waals surface area contributed by atoms with Crippen molar-refractivity contribution in [2.24, 2.45) is 14.1 Å². The van der Waals surface area contributed by atoms with Gasteiger partial charge in [-0.3, -0.25) is 0 Å². The number of hydrogen-bond acceptors (Lipinski definition) is 2. The lowest BCUT2D eigenvalue weighted by atomic mass is 10.1. The van der Waals surface area contributed by atoms with Crippen molar-refractivity contribution in [2.75, 3.05) is 6.26 Å². The van der Waals surface area contributed by atoms with Crippen molar-refractivity contribution in [1.29, 1.82) is 0 Å². The predicted octanol–water partition coefficient (Wildman–Crippen LogP) is 3.66. The van der Waals surface area contributed by atoms with E-state index in [1.807, 2.05) is 31.4 Å². The highest BCUT2D eigenvalue weighted by molar-refractivity contribution is 7.90. The molecular weight excluding hydrogens is 457 g/mol. The first-order valence-electron chi connectivity index (χ1n) is 7.39. The maximum atomic E-state index is 11.7. The van der Waals surface area contributed by atoms with Gasteiger partial charge in [-0.2, -0.15) is 9.13 Å². The van der Waals surface area contributed by atoms with E-state index in [1.165, 1.54) is 6.26 Å². The van der Waals surface area contributed by atoms with E-state index in [0.29, 0.717) is 5.15 Å². The normalized spacial score (nSPS) is 11.7. The molecule has 2 aromatic heterocycles. The molecule has 0 aromatic carbocycles. The third-order valence-corrected chi connectivity index (χ3v) is 4.45. The second-order valence-electron chi connectivity index (χ2n) is 5.48. The summed E-state index contributed by atoms with van der Waals surface area (Å²) in [6, 6.07) is 7.22. The van der Waals surface area contributed by atoms with Gasteiger partial charge in [0.25, 0.3) is 10.2 Å². The lowest BCUT2D eigenvalue weighted by Gasteiger charge is -2.03. The van der Waals surface area contributed by atoms with E-state index in [4.69, 9.17) is 11.6 Å². The van der Waals surface area contributed by atoms with Crippen molar-refractivity contribution in [2.45, 2.75) is 5.03 Å². The number of aromatic nitrogens is 2. The fourth-order valence-electron chi connectivity index (χ4n) is 1.82. The van der Waals surface area contributed by atoms with E-state index in [1.54, 1.807) is 28.4 Å². The van der Waals surface area contributed by atoms with E-state index in [-0.39, 0.29) is 5.03 Å². The zero-order chi connectivity index (χ0) is 23.2. The van der Waals surface area contributed by atoms with Crippen LogP contribution in [0, 0.1) is 0 Å². The molecule has 0 saturated heterocycles. The molecule has 2 rings (SSSR count). The molecule has 0 aliphatic carbocycles. The molecule has 0 aliphatic heterocycles. The largest absolute Gasteiger partial charge is 0.673 e. The summed E-state index contributed by atoms with van der Waals surface area (Å²) < 4.78 is 105. The molecule has 0 atom stereocenters. The summed E-state index contributed by atoms with van der Waals surface area (Å²) >= 11 is 6.06. The van der Waals surface area contributed by atoms with Crippen LogP contribution < -0.4 is 9.13 Å². The highest BCUT2D eigenvalue weighted by Crippen LogP contribution is 2.21. The number of nitrogens with zero attached hydrogens (tertiary/aromatic N) is 2. The molecule has 164 valence electrons. The fraction of sp³-hybridized carbons (Fsp3) is 0.231. The van der Waals surface area contributed by atoms with Gasteiger partial charge in [0, 0.05) is 30.5 Å². The minimum Gasteiger partial charge on any atom is -0.418 e. The molecule has 0 unspecified atom stereocenters. The smallest absolute Gasteiger partial charge is 0.418 e. The molecule has 0 fully saturated rings. The molecule has 0 bridgehead atoms. The Kier molecular flexibility index (Phi) is 9.57. The summed E-state index contributed by atoms with van der Waals surface area (Å²) in [7, 11) is -11.7. The Balaban J connectivity index is 0.000000653. The molecular formula is C13H15B2ClF8N2O2S. The number of pyridine rings is 2. The molecule has 0 amide bonds. The molecule has 0 N–H and O–H groups in total. The first kappa shape index (κ1) is 27.1. The topological polar surface area (TPSA) is 41.9 Å². The van der Waals surface area contributed by atoms with E-state index in [2.05, 4.69) is 0 Å². The average Bonchev–Trinajstić information content (AvgIpc) is 2.46. The summed E-state index contributed by atoms with van der Waals surface area (Å²) in [6.45, 7) is 0. The van der Waals surface area contributed by atoms with E-state index in [0.717, 1.165) is 11.1 Å². The van der Waals surface area contributed by atoms with Crippen molar-refractivity contribution in [3.8, 4) is 11.1 Å². The Morgan fingerprint density at radius 2 is 1.14 bits per heavy atom. The molecule has 0 radical (unpaired) electrons. The summed E-state index contributed by atoms with van der Waals surface area (Å²) in [5, 5.41) is 0.862. The van der Waals surface area contributed by atoms with E-state index < -0.39 is 24.3 Å². The maximum absolute atomic E-state index is 11.7. The number of sulfone groups is 1. The summed E-state index contributed by atoms with van der Waals surface area (Å²) in [4.78, 5) is 0. The lowest BCUT2D eigenvalue weighted by molar-refractivity contribution is -0.709. The zero-order valence-electron chi connectivity index (χ0n) is 15.1. The average molecular weight is 472 g/mol. The van der Waals surface area contributed by atoms with Gasteiger partial charge in [0.05, 0.1) is 0 Å². The summed E-state index contributed by atoms with van der Waals surface area (Å²) in [5.74, 6) is 0. The highest BCUT2D eigenvalue weighted by atomic mass is 35.5. The molecule has 0 saturated carbocycles. The predicted molar refractivity (Wildman–Crippen MR) is 92.7 cm³/mol. The van der Waals surface area contributed by atoms with Crippen molar-refractivity contribution in [3.05, 3.63) is 41.8 Å². The van der Waals surface area contributed by atoms with Gasteiger partial charge in [-0.15, -0.1) is 0 Å². The molecule has 2 heterocycles. The van der Waals surface area contributed by atoms with Crippen LogP contribution in [0.5, 0.6) is 0 Å². The quantitative estimate of drug-likeness (QED) is 0.290. The van der Waals surface area contributed by atoms with E-state index >= 15 is 0 Å². The van der Waals surface area contributed by atoms with Crippen molar-refractivity contribution >= 4 is 35.9 Å². The Morgan fingerprint density at radius 1 is 0.793 bits per heavy atom. The molecule has 2 aromatic rings. The van der Waals surface area contributed by atoms with Crippen molar-refractivity contribution in [1.82, 2.24) is 0 Å². The second kappa shape index (κ2) is 10.2. The number of hydrogen-bond donors (Lipinski definition) is 0. The number of rotatable bonds is 2. The second-order valence-corrected chi connectivity index (χ2v) is 7.83. The zero-order valence-corrected chi connectivity index (χ0v) is 16.7. The van der Waals surface area contributed by atoms with Gasteiger partial charge in [-0.05, 0) is 22.7 Å². The van der Waals surface area contributed by atoms with Crippen molar-refractivity contribution < 1.29 is 52.1 Å². The molecule has 4 nitrogen and oxygen atoms in total. The molecule has 29 heavy (non-hydrogen) atoms. The number of halogens is 9. The SMILES string of the molecule is C[n+]1ccc(-c2cc[n+](C)c(S(C)(=O)=O)c2)cc1Cl.F[B-](F)(F)F.F[B-](F)(F)F. The van der Waals surface area contributed by atoms with Crippen LogP contribution in [0.25, 0.3) is 11.1 Å². The van der Waals surface area contributed by atoms with Gasteiger partial charge >= 0.3 is 14.5 Å². The molecule has 0 spiro atoms. The van der Waals surface area contributed by atoms with Crippen LogP contribution in [0.4, 0.5) is 34.5 Å². The minimum absolute atomic E-state index is 0.273. The molecule has 0 aliphatic rings. The van der Waals surface area contributed by atoms with Crippen LogP contribution in [0.1, 0.15) is 0 Å². The van der Waals surface area contributed by atoms with Crippen LogP contribution in [0.15, 0.2) is 41.7 Å². The highest BCUT2D eigenvalue weighted by Gasteiger charge is 2.21. The minimum atomic E-state index is -6.00. The fourth-order valence-corrected chi connectivity index (χ4v) is 2.92. The van der Waals surface area contributed by atoms with Gasteiger partial charge in [0.2, 0.25) is 9.84 Å². The van der Waals surface area contributed by atoms with Crippen molar-refractivity contribution in [3.63, 3.8) is 0 Å². The van der Waals surface area contributed by atoms with Crippen LogP contribution in [-0.4, -0.2) is 29.2 Å². The van der Waals surface area contributed by atoms with Crippen LogP contribution >= 0.6 is 11.6 Å². The lowest BCUT2D eigenvalue weighted by Crippen LogP contribution is -2.34. The standard InChI is InChI=1S/C13H15ClN2O2S.2BF4/c1-15-6-4-10(8-12(15)14)11-5-7-16(2)13(9-11)19(3,17)18;2*2-1(3,4)5/h4-9H,1-3H3;;/q+2;2*-1. The molecule has 16 heteroatoms. The Hall–Kier alpha value is -1.89. The van der Waals surface area contributed by atoms with Crippen LogP contribution in [0.3, 0.4) is 0 Å².